The van der Waals surface area contributed by atoms with Gasteiger partial charge in [0.15, 0.2) is 6.29 Å². The topological polar surface area (TPSA) is 179 Å². The fraction of sp³-hybridized carbons (Fsp3) is 0.600. The molecule has 2 heterocycles. The third kappa shape index (κ3) is 8.66. The van der Waals surface area contributed by atoms with Crippen molar-refractivity contribution in [2.24, 2.45) is 17.3 Å². The molecule has 0 radical (unpaired) electrons. The van der Waals surface area contributed by atoms with E-state index in [1.54, 1.807) is 0 Å². The fourth-order valence-corrected chi connectivity index (χ4v) is 9.05. The second-order valence-electron chi connectivity index (χ2n) is 14.0. The summed E-state index contributed by atoms with van der Waals surface area (Å²) in [5.41, 5.74) is 6.91. The van der Waals surface area contributed by atoms with Crippen molar-refractivity contribution in [3.05, 3.63) is 60.2 Å². The highest BCUT2D eigenvalue weighted by Gasteiger charge is 2.54. The maximum Gasteiger partial charge on any atom is 0.407 e. The number of carbonyl (C=O) groups excluding carboxylic acids is 2. The van der Waals surface area contributed by atoms with Crippen molar-refractivity contribution in [1.29, 1.82) is 0 Å². The van der Waals surface area contributed by atoms with Crippen LogP contribution in [0.4, 0.5) is 15.3 Å². The SMILES string of the molecule is COC(=O)NCCCCC1(CN(C[C@@H](O)[C@H](Cc2ccccc2)NC(=O)O[C@H]2C3COC4OC2CC4C3)S(=O)(=O)c2ccc(N)cc2)CC1. The van der Waals surface area contributed by atoms with Crippen molar-refractivity contribution in [3.63, 3.8) is 0 Å². The number of nitrogens with one attached hydrogen (secondary N) is 2. The molecule has 2 aliphatic heterocycles. The number of rotatable bonds is 16. The third-order valence-electron chi connectivity index (χ3n) is 10.4. The lowest BCUT2D eigenvalue weighted by Gasteiger charge is -2.37. The molecule has 5 N–H and O–H groups in total. The van der Waals surface area contributed by atoms with Crippen LogP contribution in [0.2, 0.25) is 0 Å². The van der Waals surface area contributed by atoms with Gasteiger partial charge in [-0.05, 0) is 80.2 Å². The summed E-state index contributed by atoms with van der Waals surface area (Å²) in [4.78, 5) is 24.9. The molecule has 0 spiro atoms. The summed E-state index contributed by atoms with van der Waals surface area (Å²) >= 11 is 0. The highest BCUT2D eigenvalue weighted by Crippen LogP contribution is 2.51. The second kappa shape index (κ2) is 15.2. The first-order valence-corrected chi connectivity index (χ1v) is 18.6. The predicted molar refractivity (Wildman–Crippen MR) is 180 cm³/mol. The number of hydrogen-bond donors (Lipinski definition) is 4. The zero-order valence-electron chi connectivity index (χ0n) is 27.9. The van der Waals surface area contributed by atoms with Crippen molar-refractivity contribution in [2.45, 2.75) is 86.9 Å². The van der Waals surface area contributed by atoms with Crippen molar-refractivity contribution in [2.75, 3.05) is 39.1 Å². The number of nitrogens with zero attached hydrogens (tertiary/aromatic N) is 1. The van der Waals surface area contributed by atoms with Crippen molar-refractivity contribution < 1.29 is 42.1 Å². The monoisotopic (exact) mass is 700 g/mol. The highest BCUT2D eigenvalue weighted by atomic mass is 32.2. The van der Waals surface area contributed by atoms with Gasteiger partial charge in [-0.15, -0.1) is 0 Å². The van der Waals surface area contributed by atoms with Crippen molar-refractivity contribution >= 4 is 27.9 Å². The predicted octanol–water partition coefficient (Wildman–Crippen LogP) is 3.41. The molecule has 2 amide bonds. The quantitative estimate of drug-likeness (QED) is 0.150. The van der Waals surface area contributed by atoms with E-state index in [0.717, 1.165) is 50.5 Å². The molecule has 2 aliphatic carbocycles. The van der Waals surface area contributed by atoms with Gasteiger partial charge in [0.1, 0.15) is 6.10 Å². The van der Waals surface area contributed by atoms with Gasteiger partial charge in [0.25, 0.3) is 0 Å². The number of methoxy groups -OCH3 is 1. The summed E-state index contributed by atoms with van der Waals surface area (Å²) in [5, 5.41) is 17.4. The van der Waals surface area contributed by atoms with E-state index in [1.165, 1.54) is 35.7 Å². The maximum atomic E-state index is 14.2. The molecule has 4 unspecified atom stereocenters. The molecule has 0 aromatic heterocycles. The van der Waals surface area contributed by atoms with Gasteiger partial charge in [-0.1, -0.05) is 36.8 Å². The van der Waals surface area contributed by atoms with Crippen LogP contribution >= 0.6 is 0 Å². The van der Waals surface area contributed by atoms with Crippen LogP contribution in [0.15, 0.2) is 59.5 Å². The number of amides is 2. The van der Waals surface area contributed by atoms with E-state index in [4.69, 9.17) is 19.9 Å². The van der Waals surface area contributed by atoms with Crippen molar-refractivity contribution in [3.8, 4) is 0 Å². The fourth-order valence-electron chi connectivity index (χ4n) is 7.48. The summed E-state index contributed by atoms with van der Waals surface area (Å²) in [6.45, 7) is 0.883. The first kappa shape index (κ1) is 35.4. The van der Waals surface area contributed by atoms with Crippen LogP contribution in [0, 0.1) is 17.3 Å². The highest BCUT2D eigenvalue weighted by molar-refractivity contribution is 7.89. The van der Waals surface area contributed by atoms with Gasteiger partial charge in [0, 0.05) is 37.2 Å². The molecule has 4 aliphatic rings. The molecule has 2 saturated carbocycles. The number of unbranched alkanes of at least 4 members (excludes halogenated alkanes) is 1. The van der Waals surface area contributed by atoms with Crippen LogP contribution in [0.1, 0.15) is 50.5 Å². The number of ether oxygens (including phenoxy) is 4. The second-order valence-corrected chi connectivity index (χ2v) is 15.9. The zero-order chi connectivity index (χ0) is 34.6. The van der Waals surface area contributed by atoms with E-state index in [9.17, 15) is 23.1 Å². The van der Waals surface area contributed by atoms with Crippen LogP contribution in [-0.4, -0.2) is 94.0 Å². The molecule has 268 valence electrons. The molecule has 2 aromatic carbocycles. The average molecular weight is 701 g/mol. The zero-order valence-corrected chi connectivity index (χ0v) is 28.7. The van der Waals surface area contributed by atoms with Crippen molar-refractivity contribution in [1.82, 2.24) is 14.9 Å². The molecule has 3 bridgehead atoms. The number of nitrogen functional groups attached to an aromatic ring is 1. The lowest BCUT2D eigenvalue weighted by atomic mass is 9.78. The lowest BCUT2D eigenvalue weighted by molar-refractivity contribution is -0.153. The van der Waals surface area contributed by atoms with E-state index in [-0.39, 0.29) is 48.1 Å². The maximum absolute atomic E-state index is 14.2. The summed E-state index contributed by atoms with van der Waals surface area (Å²) in [6.07, 6.45) is 2.47. The molecule has 4 fully saturated rings. The Morgan fingerprint density at radius 1 is 1.06 bits per heavy atom. The Balaban J connectivity index is 1.17. The molecule has 49 heavy (non-hydrogen) atoms. The Kier molecular flexibility index (Phi) is 11.0. The molecular weight excluding hydrogens is 652 g/mol. The Morgan fingerprint density at radius 2 is 1.82 bits per heavy atom. The van der Waals surface area contributed by atoms with E-state index in [0.29, 0.717) is 24.8 Å². The molecule has 2 aromatic rings. The number of fused-ring (bicyclic) bond motifs is 2. The summed E-state index contributed by atoms with van der Waals surface area (Å²) < 4.78 is 52.1. The Hall–Kier alpha value is -3.43. The molecule has 13 nitrogen and oxygen atoms in total. The minimum Gasteiger partial charge on any atom is -0.453 e. The Labute approximate surface area is 287 Å². The standard InChI is InChI=1S/C35H48N4O9S/c1-45-33(41)37-16-6-5-13-35(14-15-35)22-39(49(43,44)27-11-9-26(36)10-12-27)20-29(40)28(17-23-7-3-2-4-8-23)38-34(42)48-31-25-18-24-19-30(31)47-32(24)46-21-25/h2-4,7-12,24-25,28-32,40H,5-6,13-22,36H2,1H3,(H,37,41)(H,38,42)/t24?,25?,28-,29+,30?,31-,32?/m0/s1. The summed E-state index contributed by atoms with van der Waals surface area (Å²) in [6, 6.07) is 14.6. The van der Waals surface area contributed by atoms with Gasteiger partial charge in [-0.3, -0.25) is 0 Å². The third-order valence-corrected chi connectivity index (χ3v) is 12.2. The van der Waals surface area contributed by atoms with Crippen LogP contribution in [0.5, 0.6) is 0 Å². The Morgan fingerprint density at radius 3 is 2.53 bits per heavy atom. The van der Waals surface area contributed by atoms with Crippen LogP contribution in [0.25, 0.3) is 0 Å². The minimum absolute atomic E-state index is 0.0391. The van der Waals surface area contributed by atoms with Gasteiger partial charge >= 0.3 is 12.2 Å². The summed E-state index contributed by atoms with van der Waals surface area (Å²) in [5.74, 6) is 0.358. The molecule has 7 atom stereocenters. The first-order chi connectivity index (χ1) is 23.5. The smallest absolute Gasteiger partial charge is 0.407 e. The van der Waals surface area contributed by atoms with Crippen LogP contribution in [0.3, 0.4) is 0 Å². The van der Waals surface area contributed by atoms with Gasteiger partial charge in [0.05, 0.1) is 36.9 Å². The largest absolute Gasteiger partial charge is 0.453 e. The van der Waals surface area contributed by atoms with E-state index >= 15 is 0 Å². The van der Waals surface area contributed by atoms with Gasteiger partial charge in [-0.25, -0.2) is 18.0 Å². The molecular formula is C35H48N4O9S. The number of nitrogens with two attached hydrogens (primary N) is 1. The van der Waals surface area contributed by atoms with E-state index in [1.807, 2.05) is 30.3 Å². The number of aliphatic hydroxyl groups is 1. The number of hydrogen-bond acceptors (Lipinski definition) is 10. The normalized spacial score (nSPS) is 26.1. The summed E-state index contributed by atoms with van der Waals surface area (Å²) in [7, 11) is -2.74. The minimum atomic E-state index is -4.06. The van der Waals surface area contributed by atoms with E-state index < -0.39 is 40.5 Å². The first-order valence-electron chi connectivity index (χ1n) is 17.2. The van der Waals surface area contributed by atoms with Crippen LogP contribution in [-0.2, 0) is 35.4 Å². The molecule has 14 heteroatoms. The number of sulfonamides is 1. The lowest BCUT2D eigenvalue weighted by Crippen LogP contribution is -2.53. The van der Waals surface area contributed by atoms with Gasteiger partial charge < -0.3 is 40.4 Å². The average Bonchev–Trinajstić information content (AvgIpc) is 3.79. The number of carbonyl (C=O) groups is 2. The van der Waals surface area contributed by atoms with Gasteiger partial charge in [0.2, 0.25) is 10.0 Å². The number of aliphatic hydroxyl groups excluding tert-OH is 1. The number of benzene rings is 2. The molecule has 2 saturated heterocycles. The molecule has 6 rings (SSSR count). The number of anilines is 1. The van der Waals surface area contributed by atoms with E-state index in [2.05, 4.69) is 15.4 Å². The Bertz CT molecular complexity index is 1530. The van der Waals surface area contributed by atoms with Crippen LogP contribution < -0.4 is 16.4 Å². The van der Waals surface area contributed by atoms with Gasteiger partial charge in [-0.2, -0.15) is 4.31 Å². The number of alkyl carbamates (subject to hydrolysis) is 2.